The van der Waals surface area contributed by atoms with Crippen LogP contribution in [0.2, 0.25) is 0 Å². The Kier molecular flexibility index (Phi) is 4.35. The molecule has 1 N–H and O–H groups in total. The van der Waals surface area contributed by atoms with E-state index < -0.39 is 28.3 Å². The summed E-state index contributed by atoms with van der Waals surface area (Å²) in [5, 5.41) is 5.29. The molecule has 3 aromatic carbocycles. The third kappa shape index (κ3) is 2.91. The summed E-state index contributed by atoms with van der Waals surface area (Å²) in [7, 11) is -3.83. The molecular formula is C20H16FN3O3S. The molecule has 142 valence electrons. The summed E-state index contributed by atoms with van der Waals surface area (Å²) >= 11 is 0. The number of hydrogen-bond acceptors (Lipinski definition) is 4. The molecule has 0 bridgehead atoms. The molecule has 0 atom stereocenters. The van der Waals surface area contributed by atoms with E-state index in [1.165, 1.54) is 12.1 Å². The second-order valence-corrected chi connectivity index (χ2v) is 8.19. The van der Waals surface area contributed by atoms with E-state index in [9.17, 15) is 17.6 Å². The number of anilines is 1. The van der Waals surface area contributed by atoms with Crippen molar-refractivity contribution in [1.82, 2.24) is 5.43 Å². The molecule has 0 fully saturated rings. The van der Waals surface area contributed by atoms with Crippen molar-refractivity contribution in [2.75, 3.05) is 10.8 Å². The maximum absolute atomic E-state index is 13.8. The average molecular weight is 397 g/mol. The molecule has 0 aliphatic carbocycles. The predicted molar refractivity (Wildman–Crippen MR) is 105 cm³/mol. The number of sulfonamides is 1. The minimum absolute atomic E-state index is 0.180. The van der Waals surface area contributed by atoms with Crippen LogP contribution in [0.15, 0.2) is 70.7 Å². The van der Waals surface area contributed by atoms with Crippen molar-refractivity contribution in [3.8, 4) is 0 Å². The second kappa shape index (κ2) is 6.72. The quantitative estimate of drug-likeness (QED) is 0.543. The number of benzene rings is 3. The molecule has 0 unspecified atom stereocenters. The Balaban J connectivity index is 1.58. The average Bonchev–Trinajstić information content (AvgIpc) is 2.90. The predicted octanol–water partition coefficient (Wildman–Crippen LogP) is 3.03. The van der Waals surface area contributed by atoms with Crippen LogP contribution in [0.1, 0.15) is 12.5 Å². The zero-order chi connectivity index (χ0) is 19.9. The lowest BCUT2D eigenvalue weighted by molar-refractivity contribution is -0.119. The van der Waals surface area contributed by atoms with Crippen molar-refractivity contribution in [1.29, 1.82) is 0 Å². The summed E-state index contributed by atoms with van der Waals surface area (Å²) in [5.41, 5.74) is 3.30. The van der Waals surface area contributed by atoms with E-state index in [4.69, 9.17) is 0 Å². The molecule has 4 rings (SSSR count). The van der Waals surface area contributed by atoms with Crippen LogP contribution in [0.4, 0.5) is 10.1 Å². The Morgan fingerprint density at radius 1 is 1.07 bits per heavy atom. The van der Waals surface area contributed by atoms with Gasteiger partial charge in [0, 0.05) is 10.9 Å². The maximum Gasteiger partial charge on any atom is 0.265 e. The van der Waals surface area contributed by atoms with Crippen LogP contribution in [0.5, 0.6) is 0 Å². The first kappa shape index (κ1) is 18.1. The number of nitrogens with one attached hydrogen (secondary N) is 1. The molecule has 6 nitrogen and oxygen atoms in total. The zero-order valence-electron chi connectivity index (χ0n) is 14.9. The lowest BCUT2D eigenvalue weighted by atomic mass is 10.1. The molecule has 0 saturated carbocycles. The summed E-state index contributed by atoms with van der Waals surface area (Å²) in [5.74, 6) is -1.08. The van der Waals surface area contributed by atoms with Crippen LogP contribution in [0, 0.1) is 5.82 Å². The van der Waals surface area contributed by atoms with E-state index in [1.54, 1.807) is 43.3 Å². The van der Waals surface area contributed by atoms with Crippen LogP contribution in [-0.2, 0) is 14.8 Å². The van der Waals surface area contributed by atoms with E-state index in [-0.39, 0.29) is 16.2 Å². The summed E-state index contributed by atoms with van der Waals surface area (Å²) < 4.78 is 40.6. The number of hydrogen-bond donors (Lipinski definition) is 1. The van der Waals surface area contributed by atoms with E-state index in [0.29, 0.717) is 11.1 Å². The number of halogens is 1. The fourth-order valence-electron chi connectivity index (χ4n) is 3.26. The lowest BCUT2D eigenvalue weighted by Crippen LogP contribution is -2.37. The first-order valence-corrected chi connectivity index (χ1v) is 9.96. The fraction of sp³-hybridized carbons (Fsp3) is 0.100. The van der Waals surface area contributed by atoms with E-state index in [1.807, 2.05) is 12.1 Å². The molecule has 8 heteroatoms. The first-order valence-electron chi connectivity index (χ1n) is 8.52. The summed E-state index contributed by atoms with van der Waals surface area (Å²) in [6.07, 6.45) is 0. The third-order valence-corrected chi connectivity index (χ3v) is 6.38. The van der Waals surface area contributed by atoms with Gasteiger partial charge in [0.15, 0.2) is 0 Å². The topological polar surface area (TPSA) is 78.8 Å². The SMILES string of the molecule is C/C(=N/NC(=O)CN1c2cccc3cccc(c23)S1(=O)=O)c1ccccc1F. The van der Waals surface area contributed by atoms with Gasteiger partial charge in [-0.25, -0.2) is 18.2 Å². The Morgan fingerprint density at radius 2 is 1.79 bits per heavy atom. The van der Waals surface area contributed by atoms with Crippen LogP contribution in [0.3, 0.4) is 0 Å². The maximum atomic E-state index is 13.8. The van der Waals surface area contributed by atoms with Gasteiger partial charge < -0.3 is 0 Å². The number of rotatable bonds is 4. The summed E-state index contributed by atoms with van der Waals surface area (Å²) in [4.78, 5) is 12.5. The van der Waals surface area contributed by atoms with E-state index >= 15 is 0 Å². The minimum Gasteiger partial charge on any atom is -0.271 e. The molecule has 0 saturated heterocycles. The highest BCUT2D eigenvalue weighted by molar-refractivity contribution is 7.93. The normalized spacial score (nSPS) is 15.1. The van der Waals surface area contributed by atoms with Crippen molar-refractivity contribution < 1.29 is 17.6 Å². The highest BCUT2D eigenvalue weighted by atomic mass is 32.2. The monoisotopic (exact) mass is 397 g/mol. The van der Waals surface area contributed by atoms with Gasteiger partial charge in [0.2, 0.25) is 0 Å². The van der Waals surface area contributed by atoms with Gasteiger partial charge in [-0.05, 0) is 30.5 Å². The van der Waals surface area contributed by atoms with Crippen molar-refractivity contribution in [3.63, 3.8) is 0 Å². The van der Waals surface area contributed by atoms with Gasteiger partial charge in [0.25, 0.3) is 15.9 Å². The molecule has 1 amide bonds. The number of nitrogens with zero attached hydrogens (tertiary/aromatic N) is 2. The van der Waals surface area contributed by atoms with Crippen molar-refractivity contribution in [3.05, 3.63) is 72.0 Å². The zero-order valence-corrected chi connectivity index (χ0v) is 15.7. The second-order valence-electron chi connectivity index (χ2n) is 6.36. The Bertz CT molecular complexity index is 1230. The highest BCUT2D eigenvalue weighted by Gasteiger charge is 2.36. The van der Waals surface area contributed by atoms with Crippen LogP contribution < -0.4 is 9.73 Å². The number of amides is 1. The van der Waals surface area contributed by atoms with Crippen molar-refractivity contribution in [2.24, 2.45) is 5.10 Å². The molecule has 3 aromatic rings. The molecule has 1 aliphatic heterocycles. The molecule has 0 spiro atoms. The lowest BCUT2D eigenvalue weighted by Gasteiger charge is -2.17. The van der Waals surface area contributed by atoms with Gasteiger partial charge in [-0.2, -0.15) is 5.10 Å². The summed E-state index contributed by atoms with van der Waals surface area (Å²) in [6.45, 7) is 1.13. The minimum atomic E-state index is -3.83. The Hall–Kier alpha value is -3.26. The van der Waals surface area contributed by atoms with Crippen LogP contribution in [0.25, 0.3) is 10.8 Å². The van der Waals surface area contributed by atoms with Crippen molar-refractivity contribution in [2.45, 2.75) is 11.8 Å². The molecule has 1 heterocycles. The van der Waals surface area contributed by atoms with Crippen LogP contribution >= 0.6 is 0 Å². The van der Waals surface area contributed by atoms with Gasteiger partial charge in [0.05, 0.1) is 16.3 Å². The van der Waals surface area contributed by atoms with Gasteiger partial charge >= 0.3 is 0 Å². The largest absolute Gasteiger partial charge is 0.271 e. The molecule has 0 radical (unpaired) electrons. The Labute approximate surface area is 161 Å². The van der Waals surface area contributed by atoms with Gasteiger partial charge in [0.1, 0.15) is 12.4 Å². The van der Waals surface area contributed by atoms with Gasteiger partial charge in [-0.3, -0.25) is 9.10 Å². The van der Waals surface area contributed by atoms with E-state index in [2.05, 4.69) is 10.5 Å². The van der Waals surface area contributed by atoms with Crippen molar-refractivity contribution >= 4 is 38.1 Å². The smallest absolute Gasteiger partial charge is 0.265 e. The standard InChI is InChI=1S/C20H16FN3O3S/c1-13(15-8-2-3-9-16(15)21)22-23-19(25)12-24-17-10-4-6-14-7-5-11-18(20(14)17)28(24,26)27/h2-11H,12H2,1H3,(H,23,25)/b22-13-. The third-order valence-electron chi connectivity index (χ3n) is 4.58. The molecule has 28 heavy (non-hydrogen) atoms. The number of carbonyl (C=O) groups excluding carboxylic acids is 1. The first-order chi connectivity index (χ1) is 13.4. The molecule has 0 aromatic heterocycles. The molecule has 1 aliphatic rings. The van der Waals surface area contributed by atoms with Crippen LogP contribution in [-0.4, -0.2) is 26.6 Å². The molecular weight excluding hydrogens is 381 g/mol. The van der Waals surface area contributed by atoms with Gasteiger partial charge in [-0.1, -0.05) is 42.5 Å². The van der Waals surface area contributed by atoms with E-state index in [0.717, 1.165) is 9.69 Å². The van der Waals surface area contributed by atoms with Gasteiger partial charge in [-0.15, -0.1) is 0 Å². The number of carbonyl (C=O) groups is 1. The summed E-state index contributed by atoms with van der Waals surface area (Å²) in [6, 6.07) is 16.3. The highest BCUT2D eigenvalue weighted by Crippen LogP contribution is 2.41. The fourth-order valence-corrected chi connectivity index (χ4v) is 4.92. The number of hydrazone groups is 1. The Morgan fingerprint density at radius 3 is 2.54 bits per heavy atom.